The zero-order valence-corrected chi connectivity index (χ0v) is 9.76. The Hall–Kier alpha value is -1.98. The lowest BCUT2D eigenvalue weighted by Gasteiger charge is -2.26. The second-order valence-electron chi connectivity index (χ2n) is 4.27. The largest absolute Gasteiger partial charge is 0.339 e. The van der Waals surface area contributed by atoms with Crippen LogP contribution in [0.4, 0.5) is 10.1 Å². The fourth-order valence-electron chi connectivity index (χ4n) is 2.06. The number of hydrogen-bond acceptors (Lipinski definition) is 3. The standard InChI is InChI=1S/C12H13FN2O3/c13-11-8-9(15(17)18)4-5-10(11)12(16)14-6-2-1-3-7-14/h4-5,8H,1-3,6-7H2. The van der Waals surface area contributed by atoms with Crippen molar-refractivity contribution < 1.29 is 14.1 Å². The molecule has 1 heterocycles. The normalized spacial score (nSPS) is 15.5. The van der Waals surface area contributed by atoms with E-state index in [1.807, 2.05) is 0 Å². The van der Waals surface area contributed by atoms with Gasteiger partial charge in [0.15, 0.2) is 0 Å². The van der Waals surface area contributed by atoms with Crippen LogP contribution in [0.25, 0.3) is 0 Å². The van der Waals surface area contributed by atoms with Crippen LogP contribution < -0.4 is 0 Å². The third kappa shape index (κ3) is 2.47. The van der Waals surface area contributed by atoms with Crippen LogP contribution in [0.5, 0.6) is 0 Å². The van der Waals surface area contributed by atoms with Crippen molar-refractivity contribution >= 4 is 11.6 Å². The Morgan fingerprint density at radius 2 is 1.94 bits per heavy atom. The number of non-ortho nitro benzene ring substituents is 1. The molecule has 6 heteroatoms. The SMILES string of the molecule is O=C(c1ccc([N+](=O)[O-])cc1F)N1CCCCC1. The molecule has 0 aliphatic carbocycles. The quantitative estimate of drug-likeness (QED) is 0.599. The van der Waals surface area contributed by atoms with Gasteiger partial charge in [0.1, 0.15) is 5.82 Å². The van der Waals surface area contributed by atoms with Crippen LogP contribution in [0.15, 0.2) is 18.2 Å². The van der Waals surface area contributed by atoms with Crippen molar-refractivity contribution in [1.29, 1.82) is 0 Å². The Morgan fingerprint density at radius 1 is 1.28 bits per heavy atom. The second kappa shape index (κ2) is 5.12. The number of hydrogen-bond donors (Lipinski definition) is 0. The highest BCUT2D eigenvalue weighted by Gasteiger charge is 2.22. The average molecular weight is 252 g/mol. The molecular weight excluding hydrogens is 239 g/mol. The van der Waals surface area contributed by atoms with Crippen LogP contribution >= 0.6 is 0 Å². The molecule has 1 aliphatic rings. The van der Waals surface area contributed by atoms with Crippen molar-refractivity contribution in [2.24, 2.45) is 0 Å². The Labute approximate surface area is 103 Å². The smallest absolute Gasteiger partial charge is 0.272 e. The van der Waals surface area contributed by atoms with E-state index in [-0.39, 0.29) is 17.2 Å². The van der Waals surface area contributed by atoms with Crippen LogP contribution in [0.3, 0.4) is 0 Å². The molecule has 1 amide bonds. The van der Waals surface area contributed by atoms with Gasteiger partial charge in [-0.1, -0.05) is 0 Å². The number of nitrogens with zero attached hydrogens (tertiary/aromatic N) is 2. The van der Waals surface area contributed by atoms with E-state index < -0.39 is 10.7 Å². The van der Waals surface area contributed by atoms with Gasteiger partial charge in [0.05, 0.1) is 16.6 Å². The van der Waals surface area contributed by atoms with Crippen molar-refractivity contribution in [3.8, 4) is 0 Å². The molecule has 1 aromatic rings. The summed E-state index contributed by atoms with van der Waals surface area (Å²) < 4.78 is 13.7. The van der Waals surface area contributed by atoms with Crippen molar-refractivity contribution in [2.75, 3.05) is 13.1 Å². The van der Waals surface area contributed by atoms with Gasteiger partial charge in [0, 0.05) is 19.2 Å². The molecule has 0 bridgehead atoms. The van der Waals surface area contributed by atoms with E-state index >= 15 is 0 Å². The van der Waals surface area contributed by atoms with Gasteiger partial charge in [0.2, 0.25) is 0 Å². The minimum Gasteiger partial charge on any atom is -0.339 e. The molecule has 1 fully saturated rings. The molecule has 18 heavy (non-hydrogen) atoms. The average Bonchev–Trinajstić information content (AvgIpc) is 2.38. The van der Waals surface area contributed by atoms with Crippen LogP contribution in [0.2, 0.25) is 0 Å². The molecule has 0 unspecified atom stereocenters. The molecule has 2 rings (SSSR count). The summed E-state index contributed by atoms with van der Waals surface area (Å²) in [6, 6.07) is 3.13. The topological polar surface area (TPSA) is 63.4 Å². The first-order valence-corrected chi connectivity index (χ1v) is 5.83. The number of rotatable bonds is 2. The number of carbonyl (C=O) groups is 1. The fraction of sp³-hybridized carbons (Fsp3) is 0.417. The Kier molecular flexibility index (Phi) is 3.55. The van der Waals surface area contributed by atoms with E-state index in [2.05, 4.69) is 0 Å². The maximum atomic E-state index is 13.7. The molecular formula is C12H13FN2O3. The van der Waals surface area contributed by atoms with Gasteiger partial charge < -0.3 is 4.90 Å². The third-order valence-corrected chi connectivity index (χ3v) is 3.04. The first-order valence-electron chi connectivity index (χ1n) is 5.83. The molecule has 96 valence electrons. The van der Waals surface area contributed by atoms with E-state index in [4.69, 9.17) is 0 Å². The van der Waals surface area contributed by atoms with Crippen LogP contribution in [0.1, 0.15) is 29.6 Å². The maximum absolute atomic E-state index is 13.7. The highest BCUT2D eigenvalue weighted by atomic mass is 19.1. The predicted molar refractivity (Wildman–Crippen MR) is 62.8 cm³/mol. The summed E-state index contributed by atoms with van der Waals surface area (Å²) in [5.41, 5.74) is -0.440. The number of benzene rings is 1. The lowest BCUT2D eigenvalue weighted by atomic mass is 10.1. The highest BCUT2D eigenvalue weighted by molar-refractivity contribution is 5.94. The second-order valence-corrected chi connectivity index (χ2v) is 4.27. The summed E-state index contributed by atoms with van der Waals surface area (Å²) in [6.07, 6.45) is 2.91. The summed E-state index contributed by atoms with van der Waals surface area (Å²) in [5.74, 6) is -1.22. The zero-order valence-electron chi connectivity index (χ0n) is 9.76. The number of carbonyl (C=O) groups excluding carboxylic acids is 1. The molecule has 0 spiro atoms. The minimum absolute atomic E-state index is 0.0949. The highest BCUT2D eigenvalue weighted by Crippen LogP contribution is 2.19. The molecule has 0 N–H and O–H groups in total. The number of nitro groups is 1. The number of halogens is 1. The lowest BCUT2D eigenvalue weighted by molar-refractivity contribution is -0.385. The van der Waals surface area contributed by atoms with Crippen LogP contribution in [-0.4, -0.2) is 28.8 Å². The van der Waals surface area contributed by atoms with Gasteiger partial charge in [-0.05, 0) is 25.3 Å². The van der Waals surface area contributed by atoms with E-state index in [1.54, 1.807) is 4.90 Å². The Bertz CT molecular complexity index is 484. The maximum Gasteiger partial charge on any atom is 0.272 e. The number of likely N-dealkylation sites (tertiary alicyclic amines) is 1. The predicted octanol–water partition coefficient (Wildman–Crippen LogP) is 2.36. The molecule has 1 aliphatic heterocycles. The molecule has 0 saturated carbocycles. The summed E-state index contributed by atoms with van der Waals surface area (Å²) in [6.45, 7) is 1.24. The summed E-state index contributed by atoms with van der Waals surface area (Å²) in [4.78, 5) is 23.4. The van der Waals surface area contributed by atoms with Crippen LogP contribution in [-0.2, 0) is 0 Å². The van der Waals surface area contributed by atoms with Crippen molar-refractivity contribution in [1.82, 2.24) is 4.90 Å². The van der Waals surface area contributed by atoms with E-state index in [1.165, 1.54) is 6.07 Å². The van der Waals surface area contributed by atoms with Gasteiger partial charge >= 0.3 is 0 Å². The third-order valence-electron chi connectivity index (χ3n) is 3.04. The van der Waals surface area contributed by atoms with E-state index in [0.717, 1.165) is 31.4 Å². The van der Waals surface area contributed by atoms with Crippen molar-refractivity contribution in [2.45, 2.75) is 19.3 Å². The van der Waals surface area contributed by atoms with Gasteiger partial charge in [-0.15, -0.1) is 0 Å². The van der Waals surface area contributed by atoms with E-state index in [0.29, 0.717) is 13.1 Å². The van der Waals surface area contributed by atoms with Gasteiger partial charge in [-0.25, -0.2) is 4.39 Å². The molecule has 5 nitrogen and oxygen atoms in total. The van der Waals surface area contributed by atoms with Gasteiger partial charge in [-0.3, -0.25) is 14.9 Å². The molecule has 0 aromatic heterocycles. The first-order chi connectivity index (χ1) is 8.59. The lowest BCUT2D eigenvalue weighted by Crippen LogP contribution is -2.36. The van der Waals surface area contributed by atoms with E-state index in [9.17, 15) is 19.3 Å². The number of nitro benzene ring substituents is 1. The summed E-state index contributed by atoms with van der Waals surface area (Å²) >= 11 is 0. The monoisotopic (exact) mass is 252 g/mol. The Balaban J connectivity index is 2.22. The minimum atomic E-state index is -0.834. The first kappa shape index (κ1) is 12.5. The molecule has 1 saturated heterocycles. The van der Waals surface area contributed by atoms with Crippen molar-refractivity contribution in [3.05, 3.63) is 39.7 Å². The molecule has 1 aromatic carbocycles. The van der Waals surface area contributed by atoms with Gasteiger partial charge in [-0.2, -0.15) is 0 Å². The summed E-state index contributed by atoms with van der Waals surface area (Å²) in [5, 5.41) is 10.5. The Morgan fingerprint density at radius 3 is 2.50 bits per heavy atom. The van der Waals surface area contributed by atoms with Crippen molar-refractivity contribution in [3.63, 3.8) is 0 Å². The number of amides is 1. The molecule has 0 atom stereocenters. The zero-order chi connectivity index (χ0) is 13.1. The van der Waals surface area contributed by atoms with Crippen LogP contribution in [0, 0.1) is 15.9 Å². The summed E-state index contributed by atoms with van der Waals surface area (Å²) in [7, 11) is 0. The van der Waals surface area contributed by atoms with Gasteiger partial charge in [0.25, 0.3) is 11.6 Å². The fourth-order valence-corrected chi connectivity index (χ4v) is 2.06. The number of piperidine rings is 1. The molecule has 0 radical (unpaired) electrons.